The Kier molecular flexibility index (Phi) is 5.49. The molecule has 0 spiro atoms. The number of aliphatic carboxylic acids is 1. The summed E-state index contributed by atoms with van der Waals surface area (Å²) in [6.07, 6.45) is 0. The van der Waals surface area contributed by atoms with Crippen molar-refractivity contribution in [2.24, 2.45) is 0 Å². The zero-order valence-electron chi connectivity index (χ0n) is 13.6. The molecule has 2 aromatic rings. The molecule has 0 heterocycles. The van der Waals surface area contributed by atoms with E-state index in [2.05, 4.69) is 0 Å². The highest BCUT2D eigenvalue weighted by molar-refractivity contribution is 7.92. The van der Waals surface area contributed by atoms with Gasteiger partial charge in [-0.15, -0.1) is 0 Å². The summed E-state index contributed by atoms with van der Waals surface area (Å²) in [5, 5.41) is 2.11. The van der Waals surface area contributed by atoms with Crippen molar-refractivity contribution >= 4 is 25.6 Å². The summed E-state index contributed by atoms with van der Waals surface area (Å²) in [5.41, 5.74) is 0. The van der Waals surface area contributed by atoms with E-state index >= 15 is 0 Å². The molecular formula is C15H8F6O6S2. The van der Waals surface area contributed by atoms with E-state index in [9.17, 15) is 48.0 Å². The molecule has 2 rings (SSSR count). The minimum atomic E-state index is -6.26. The van der Waals surface area contributed by atoms with Crippen LogP contribution in [0.5, 0.6) is 0 Å². The third-order valence-corrected chi connectivity index (χ3v) is 7.23. The quantitative estimate of drug-likeness (QED) is 0.523. The van der Waals surface area contributed by atoms with Gasteiger partial charge >= 0.3 is 17.1 Å². The lowest BCUT2D eigenvalue weighted by Gasteiger charge is -2.22. The number of carbonyl (C=O) groups is 1. The molecule has 0 aliphatic heterocycles. The lowest BCUT2D eigenvalue weighted by molar-refractivity contribution is -0.197. The summed E-state index contributed by atoms with van der Waals surface area (Å²) in [6.45, 7) is 0. The summed E-state index contributed by atoms with van der Waals surface area (Å²) < 4.78 is 129. The maximum atomic E-state index is 13.7. The van der Waals surface area contributed by atoms with Crippen LogP contribution in [0.2, 0.25) is 0 Å². The van der Waals surface area contributed by atoms with Crippen molar-refractivity contribution in [3.63, 3.8) is 0 Å². The Morgan fingerprint density at radius 2 is 1.31 bits per heavy atom. The summed E-state index contributed by atoms with van der Waals surface area (Å²) in [5.74, 6) is -12.0. The average molecular weight is 462 g/mol. The number of sulfone groups is 2. The van der Waals surface area contributed by atoms with Crippen molar-refractivity contribution in [1.29, 1.82) is 0 Å². The van der Waals surface area contributed by atoms with E-state index in [1.165, 1.54) is 0 Å². The number of halogens is 6. The van der Waals surface area contributed by atoms with Crippen LogP contribution in [0.3, 0.4) is 0 Å². The Morgan fingerprint density at radius 1 is 0.828 bits per heavy atom. The Hall–Kier alpha value is -2.61. The van der Waals surface area contributed by atoms with Gasteiger partial charge in [0.15, 0.2) is 0 Å². The molecule has 0 unspecified atom stereocenters. The van der Waals surface area contributed by atoms with Crippen LogP contribution < -0.4 is 0 Å². The van der Waals surface area contributed by atoms with Crippen LogP contribution >= 0.6 is 0 Å². The molecule has 6 nitrogen and oxygen atoms in total. The van der Waals surface area contributed by atoms with Crippen LogP contribution in [-0.2, 0) is 24.5 Å². The molecule has 0 aromatic heterocycles. The molecule has 2 aromatic carbocycles. The zero-order chi connectivity index (χ0) is 22.4. The van der Waals surface area contributed by atoms with E-state index in [1.807, 2.05) is 0 Å². The van der Waals surface area contributed by atoms with Gasteiger partial charge in [0.05, 0.1) is 9.79 Å². The van der Waals surface area contributed by atoms with Gasteiger partial charge in [0.25, 0.3) is 9.84 Å². The highest BCUT2D eigenvalue weighted by Crippen LogP contribution is 2.42. The molecule has 0 saturated carbocycles. The van der Waals surface area contributed by atoms with Crippen molar-refractivity contribution < 1.29 is 53.1 Å². The van der Waals surface area contributed by atoms with Crippen LogP contribution in [0.25, 0.3) is 0 Å². The van der Waals surface area contributed by atoms with Crippen LogP contribution in [0, 0.1) is 11.6 Å². The fourth-order valence-electron chi connectivity index (χ4n) is 2.06. The summed E-state index contributed by atoms with van der Waals surface area (Å²) in [4.78, 5) is 6.96. The Morgan fingerprint density at radius 3 is 1.76 bits per heavy atom. The first-order valence-corrected chi connectivity index (χ1v) is 10.1. The normalized spacial score (nSPS) is 13.3. The molecule has 0 fully saturated rings. The monoisotopic (exact) mass is 462 g/mol. The van der Waals surface area contributed by atoms with E-state index in [1.54, 1.807) is 0 Å². The second-order valence-corrected chi connectivity index (χ2v) is 9.36. The lowest BCUT2D eigenvalue weighted by atomic mass is 10.3. The number of carboxylic acids is 1. The summed E-state index contributed by atoms with van der Waals surface area (Å²) in [6, 6.07) is 2.64. The highest BCUT2D eigenvalue weighted by Gasteiger charge is 2.70. The molecule has 0 amide bonds. The first-order valence-electron chi connectivity index (χ1n) is 7.10. The number of benzene rings is 2. The predicted octanol–water partition coefficient (Wildman–Crippen LogP) is 2.88. The maximum Gasteiger partial charge on any atom is 0.422 e. The van der Waals surface area contributed by atoms with Gasteiger partial charge in [-0.2, -0.15) is 17.6 Å². The van der Waals surface area contributed by atoms with E-state index in [-0.39, 0.29) is 18.2 Å². The molecule has 0 aliphatic carbocycles. The molecular weight excluding hydrogens is 454 g/mol. The molecule has 0 radical (unpaired) electrons. The molecule has 158 valence electrons. The Labute approximate surface area is 159 Å². The molecule has 0 saturated heterocycles. The van der Waals surface area contributed by atoms with E-state index in [0.29, 0.717) is 24.3 Å². The molecule has 29 heavy (non-hydrogen) atoms. The summed E-state index contributed by atoms with van der Waals surface area (Å²) in [7, 11) is -11.0. The first-order chi connectivity index (χ1) is 13.1. The van der Waals surface area contributed by atoms with Gasteiger partial charge in [0, 0.05) is 6.07 Å². The fourth-order valence-corrected chi connectivity index (χ4v) is 4.59. The van der Waals surface area contributed by atoms with Crippen molar-refractivity contribution in [3.8, 4) is 0 Å². The van der Waals surface area contributed by atoms with Gasteiger partial charge in [-0.1, -0.05) is 0 Å². The Bertz CT molecular complexity index is 1170. The van der Waals surface area contributed by atoms with Gasteiger partial charge < -0.3 is 5.11 Å². The number of alkyl halides is 4. The van der Waals surface area contributed by atoms with Gasteiger partial charge in [0.1, 0.15) is 16.5 Å². The van der Waals surface area contributed by atoms with Crippen LogP contribution in [0.4, 0.5) is 26.3 Å². The molecule has 0 bridgehead atoms. The number of hydrogen-bond acceptors (Lipinski definition) is 5. The van der Waals surface area contributed by atoms with E-state index in [4.69, 9.17) is 5.11 Å². The van der Waals surface area contributed by atoms with E-state index in [0.717, 1.165) is 0 Å². The summed E-state index contributed by atoms with van der Waals surface area (Å²) >= 11 is 0. The van der Waals surface area contributed by atoms with Gasteiger partial charge in [-0.3, -0.25) is 0 Å². The second-order valence-electron chi connectivity index (χ2n) is 5.45. The first kappa shape index (κ1) is 22.7. The largest absolute Gasteiger partial charge is 0.477 e. The third kappa shape index (κ3) is 3.57. The molecule has 1 N–H and O–H groups in total. The average Bonchev–Trinajstić information content (AvgIpc) is 2.61. The third-order valence-electron chi connectivity index (χ3n) is 3.60. The number of carboxylic acid groups (broad SMARTS) is 1. The Balaban J connectivity index is 2.53. The van der Waals surface area contributed by atoms with Crippen LogP contribution in [0.15, 0.2) is 57.2 Å². The SMILES string of the molecule is O=C(O)C(F)(F)C(F)(F)S(=O)(=O)c1ccc(S(=O)(=O)c2ccc(F)cc2F)cc1. The van der Waals surface area contributed by atoms with Gasteiger partial charge in [0.2, 0.25) is 9.84 Å². The molecule has 0 atom stereocenters. The van der Waals surface area contributed by atoms with Crippen molar-refractivity contribution in [1.82, 2.24) is 0 Å². The van der Waals surface area contributed by atoms with Gasteiger partial charge in [-0.05, 0) is 36.4 Å². The molecule has 0 aliphatic rings. The topological polar surface area (TPSA) is 106 Å². The van der Waals surface area contributed by atoms with Gasteiger partial charge in [-0.25, -0.2) is 30.4 Å². The van der Waals surface area contributed by atoms with Crippen LogP contribution in [-0.4, -0.2) is 39.1 Å². The van der Waals surface area contributed by atoms with Crippen molar-refractivity contribution in [3.05, 3.63) is 54.1 Å². The molecule has 14 heteroatoms. The van der Waals surface area contributed by atoms with E-state index < -0.39 is 63.1 Å². The van der Waals surface area contributed by atoms with Crippen molar-refractivity contribution in [2.75, 3.05) is 0 Å². The minimum absolute atomic E-state index is 0.204. The minimum Gasteiger partial charge on any atom is -0.477 e. The smallest absolute Gasteiger partial charge is 0.422 e. The van der Waals surface area contributed by atoms with Crippen molar-refractivity contribution in [2.45, 2.75) is 25.9 Å². The lowest BCUT2D eigenvalue weighted by Crippen LogP contribution is -2.52. The fraction of sp³-hybridized carbons (Fsp3) is 0.133. The number of rotatable bonds is 6. The standard InChI is InChI=1S/C15H8F6O6S2/c16-8-1-6-12(11(17)7-8)28(24,25)9-2-4-10(5-3-9)29(26,27)15(20,21)14(18,19)13(22)23/h1-7H,(H,22,23). The van der Waals surface area contributed by atoms with Crippen LogP contribution in [0.1, 0.15) is 0 Å². The number of hydrogen-bond donors (Lipinski definition) is 1. The second kappa shape index (κ2) is 7.02. The predicted molar refractivity (Wildman–Crippen MR) is 83.0 cm³/mol. The maximum absolute atomic E-state index is 13.7. The highest BCUT2D eigenvalue weighted by atomic mass is 32.2. The zero-order valence-corrected chi connectivity index (χ0v) is 15.2.